The lowest BCUT2D eigenvalue weighted by Gasteiger charge is -2.28. The number of benzene rings is 3. The van der Waals surface area contributed by atoms with E-state index in [-0.39, 0.29) is 50.4 Å². The van der Waals surface area contributed by atoms with Crippen molar-refractivity contribution in [3.63, 3.8) is 0 Å². The average Bonchev–Trinajstić information content (AvgIpc) is 1.29. The van der Waals surface area contributed by atoms with Crippen molar-refractivity contribution in [2.75, 3.05) is 79.1 Å². The molecule has 0 spiro atoms. The summed E-state index contributed by atoms with van der Waals surface area (Å²) in [7, 11) is -8.78. The van der Waals surface area contributed by atoms with Crippen LogP contribution in [0, 0.1) is 0 Å². The number of aromatic nitrogens is 4. The zero-order valence-corrected chi connectivity index (χ0v) is 61.6. The molecule has 0 fully saturated rings. The first-order valence-electron chi connectivity index (χ1n) is 32.5. The third kappa shape index (κ3) is 19.5. The molecule has 518 valence electrons. The monoisotopic (exact) mass is 1450 g/mol. The number of halogens is 4. The molecule has 8 bridgehead atoms. The summed E-state index contributed by atoms with van der Waals surface area (Å²) < 4.78 is 71.2. The molecule has 8 rings (SSSR count). The molecule has 0 radical (unpaired) electrons. The fraction of sp³-hybridized carbons (Fsp3) is 0.403. The van der Waals surface area contributed by atoms with Gasteiger partial charge in [-0.3, -0.25) is 0 Å². The molecule has 0 atom stereocenters. The molecule has 0 aliphatic carbocycles. The van der Waals surface area contributed by atoms with Crippen LogP contribution in [0.1, 0.15) is 93.0 Å². The van der Waals surface area contributed by atoms with Gasteiger partial charge >= 0.3 is 44.7 Å². The van der Waals surface area contributed by atoms with Gasteiger partial charge in [0.05, 0.1) is 42.5 Å². The first-order valence-corrected chi connectivity index (χ1v) is 39.8. The maximum atomic E-state index is 13.3. The van der Waals surface area contributed by atoms with Crippen LogP contribution in [0.25, 0.3) is 78.6 Å². The van der Waals surface area contributed by atoms with Gasteiger partial charge in [-0.05, 0) is 148 Å². The zero-order chi connectivity index (χ0) is 68.8. The maximum absolute atomic E-state index is 13.3. The van der Waals surface area contributed by atoms with Crippen molar-refractivity contribution in [1.82, 2.24) is 35.9 Å². The normalized spacial score (nSPS) is 12.2. The Morgan fingerprint density at radius 2 is 0.646 bits per heavy atom. The SMILES string of the molecule is CCO[Si](CCCNC(=O)Oc1ccc(-c2c3nc(c(-c4c(Cl)cc(OC(=O)NCCC[Si](OCC)(OCC)OCC)cc4Cl)c4ccc([nH]4)c4ccc([nH]4)c(-c4c(Cl)cc(OC(=O)NCCC[Si](OCC)(OCC)OCC)cc4Cl)c4ccc2[nH]4)C=C3)cc1)(OCC)OCC. The molecule has 29 heteroatoms. The highest BCUT2D eigenvalue weighted by molar-refractivity contribution is 6.61. The summed E-state index contributed by atoms with van der Waals surface area (Å²) >= 11 is 29.1. The molecular formula is C67H85Cl4N7O15Si3. The second kappa shape index (κ2) is 36.5. The van der Waals surface area contributed by atoms with Crippen LogP contribution in [0.4, 0.5) is 14.4 Å². The van der Waals surface area contributed by atoms with Crippen LogP contribution in [0.2, 0.25) is 38.2 Å². The van der Waals surface area contributed by atoms with Crippen LogP contribution >= 0.6 is 46.4 Å². The molecule has 4 aromatic heterocycles. The minimum Gasteiger partial charge on any atom is -0.410 e. The Bertz CT molecular complexity index is 3830. The van der Waals surface area contributed by atoms with Gasteiger partial charge < -0.3 is 84.9 Å². The summed E-state index contributed by atoms with van der Waals surface area (Å²) in [5, 5.41) is 9.16. The summed E-state index contributed by atoms with van der Waals surface area (Å²) in [5.41, 5.74) is 8.08. The van der Waals surface area contributed by atoms with E-state index in [2.05, 4.69) is 30.9 Å². The molecule has 3 aromatic carbocycles. The molecule has 1 aliphatic heterocycles. The molecule has 1 aliphatic rings. The number of nitrogens with zero attached hydrogens (tertiary/aromatic N) is 1. The van der Waals surface area contributed by atoms with Gasteiger partial charge in [-0.2, -0.15) is 0 Å². The van der Waals surface area contributed by atoms with Gasteiger partial charge in [0.25, 0.3) is 0 Å². The van der Waals surface area contributed by atoms with E-state index in [4.69, 9.17) is 105 Å². The molecule has 3 amide bonds. The lowest BCUT2D eigenvalue weighted by atomic mass is 10.0. The summed E-state index contributed by atoms with van der Waals surface area (Å²) in [6.45, 7) is 21.8. The number of carbonyl (C=O) groups excluding carboxylic acids is 3. The predicted molar refractivity (Wildman–Crippen MR) is 384 cm³/mol. The number of fused-ring (bicyclic) bond motifs is 9. The van der Waals surface area contributed by atoms with E-state index in [9.17, 15) is 14.4 Å². The second-order valence-corrected chi connectivity index (χ2v) is 31.3. The standard InChI is InChI=1S/C67H85Cl4N7O15Si3/c1-10-82-94(83-11-2,84-12-3)37-19-34-72-65(79)91-45-24-22-44(23-25-45)60-54-30-32-58(77-54)63(61-48(68)40-46(41-49(61)69)92-66(80)73-35-20-38-95(85-13-4,86-14-5)87-15-6)56-28-26-52(75-56)53-27-29-57(76-53)64(59-33-31-55(60)78-59)62-50(70)42-47(43-51(62)71)93-67(81)74-36-21-39-96(88-16-7,89-17-8)90-18-9/h22-33,40-43,75-77H,10-21,34-39H2,1-9H3,(H,72,79)(H,73,80)(H,74,81). The van der Waals surface area contributed by atoms with E-state index in [0.29, 0.717) is 181 Å². The largest absolute Gasteiger partial charge is 0.500 e. The van der Waals surface area contributed by atoms with Crippen molar-refractivity contribution in [3.05, 3.63) is 116 Å². The fourth-order valence-electron chi connectivity index (χ4n) is 11.3. The second-order valence-electron chi connectivity index (χ2n) is 21.5. The third-order valence-corrected chi connectivity index (χ3v) is 25.6. The van der Waals surface area contributed by atoms with Crippen LogP contribution in [0.3, 0.4) is 0 Å². The maximum Gasteiger partial charge on any atom is 0.500 e. The van der Waals surface area contributed by atoms with Crippen LogP contribution in [0.5, 0.6) is 17.2 Å². The highest BCUT2D eigenvalue weighted by atomic mass is 35.5. The molecular weight excluding hydrogens is 1370 g/mol. The van der Waals surface area contributed by atoms with Crippen LogP contribution < -0.4 is 30.2 Å². The van der Waals surface area contributed by atoms with Crippen molar-refractivity contribution in [1.29, 1.82) is 0 Å². The minimum absolute atomic E-state index is 0.107. The van der Waals surface area contributed by atoms with Crippen molar-refractivity contribution in [3.8, 4) is 50.6 Å². The van der Waals surface area contributed by atoms with Gasteiger partial charge in [0, 0.05) is 171 Å². The smallest absolute Gasteiger partial charge is 0.410 e. The Morgan fingerprint density at radius 1 is 0.365 bits per heavy atom. The van der Waals surface area contributed by atoms with Gasteiger partial charge in [-0.1, -0.05) is 58.5 Å². The van der Waals surface area contributed by atoms with Gasteiger partial charge in [0.1, 0.15) is 17.2 Å². The summed E-state index contributed by atoms with van der Waals surface area (Å²) in [4.78, 5) is 56.0. The van der Waals surface area contributed by atoms with E-state index in [1.165, 1.54) is 24.3 Å². The lowest BCUT2D eigenvalue weighted by Crippen LogP contribution is -2.46. The molecule has 7 aromatic rings. The molecule has 0 unspecified atom stereocenters. The van der Waals surface area contributed by atoms with Gasteiger partial charge in [0.15, 0.2) is 0 Å². The number of rotatable bonds is 36. The Balaban J connectivity index is 1.17. The number of ether oxygens (including phenoxy) is 3. The Labute approximate surface area is 583 Å². The molecule has 5 heterocycles. The number of carbonyl (C=O) groups is 3. The van der Waals surface area contributed by atoms with E-state index >= 15 is 0 Å². The van der Waals surface area contributed by atoms with E-state index in [1.54, 1.807) is 12.1 Å². The van der Waals surface area contributed by atoms with Crippen LogP contribution in [-0.4, -0.2) is 144 Å². The molecule has 96 heavy (non-hydrogen) atoms. The number of hydrogen-bond donors (Lipinski definition) is 6. The third-order valence-electron chi connectivity index (χ3n) is 14.9. The van der Waals surface area contributed by atoms with Gasteiger partial charge in [0.2, 0.25) is 0 Å². The van der Waals surface area contributed by atoms with Crippen molar-refractivity contribution in [2.24, 2.45) is 0 Å². The van der Waals surface area contributed by atoms with Gasteiger partial charge in [-0.25, -0.2) is 19.4 Å². The Kier molecular flexibility index (Phi) is 28.7. The zero-order valence-electron chi connectivity index (χ0n) is 55.5. The average molecular weight is 1450 g/mol. The molecule has 22 nitrogen and oxygen atoms in total. The highest BCUT2D eigenvalue weighted by Gasteiger charge is 2.42. The van der Waals surface area contributed by atoms with E-state index in [1.807, 2.05) is 123 Å². The Morgan fingerprint density at radius 3 is 0.990 bits per heavy atom. The number of H-pyrrole nitrogens is 3. The summed E-state index contributed by atoms with van der Waals surface area (Å²) in [6.07, 6.45) is 3.27. The Hall–Kier alpha value is -6.35. The highest BCUT2D eigenvalue weighted by Crippen LogP contribution is 2.45. The lowest BCUT2D eigenvalue weighted by molar-refractivity contribution is 0.0700. The van der Waals surface area contributed by atoms with Crippen molar-refractivity contribution >= 4 is 136 Å². The number of amides is 3. The summed E-state index contributed by atoms with van der Waals surface area (Å²) in [6, 6.07) is 26.2. The van der Waals surface area contributed by atoms with Crippen molar-refractivity contribution in [2.45, 2.75) is 99.7 Å². The van der Waals surface area contributed by atoms with Crippen LogP contribution in [-0.2, 0) is 39.8 Å². The number of aromatic amines is 3. The predicted octanol–water partition coefficient (Wildman–Crippen LogP) is 16.9. The minimum atomic E-state index is -2.93. The number of hydrogen-bond acceptors (Lipinski definition) is 16. The first kappa shape index (κ1) is 75.4. The summed E-state index contributed by atoms with van der Waals surface area (Å²) in [5.74, 6) is 0.505. The van der Waals surface area contributed by atoms with E-state index in [0.717, 1.165) is 0 Å². The molecule has 0 saturated heterocycles. The first-order chi connectivity index (χ1) is 46.4. The van der Waals surface area contributed by atoms with Gasteiger partial charge in [-0.15, -0.1) is 0 Å². The van der Waals surface area contributed by atoms with Crippen molar-refractivity contribution < 1.29 is 68.4 Å². The van der Waals surface area contributed by atoms with Crippen LogP contribution in [0.15, 0.2) is 84.9 Å². The molecule has 0 saturated carbocycles. The topological polar surface area (TPSA) is 258 Å². The molecule has 6 N–H and O–H groups in total. The number of nitrogens with one attached hydrogen (secondary N) is 6. The quantitative estimate of drug-likeness (QED) is 0.0158. The fourth-order valence-corrected chi connectivity index (χ4v) is 20.4. The van der Waals surface area contributed by atoms with E-state index < -0.39 is 44.7 Å².